The van der Waals surface area contributed by atoms with E-state index in [1.165, 1.54) is 12.3 Å². The van der Waals surface area contributed by atoms with E-state index in [4.69, 9.17) is 0 Å². The highest BCUT2D eigenvalue weighted by atomic mass is 19.1. The van der Waals surface area contributed by atoms with Crippen LogP contribution in [0.15, 0.2) is 18.3 Å². The summed E-state index contributed by atoms with van der Waals surface area (Å²) in [6.45, 7) is 3.56. The Hall–Kier alpha value is -1.25. The first-order valence-electron chi connectivity index (χ1n) is 3.77. The molecule has 2 nitrogen and oxygen atoms in total. The van der Waals surface area contributed by atoms with Gasteiger partial charge in [-0.2, -0.15) is 4.39 Å². The number of hydrogen-bond donors (Lipinski definition) is 0. The Morgan fingerprint density at radius 3 is 2.75 bits per heavy atom. The van der Waals surface area contributed by atoms with Gasteiger partial charge in [0, 0.05) is 23.7 Å². The van der Waals surface area contributed by atoms with Gasteiger partial charge < -0.3 is 0 Å². The SMILES string of the molecule is CC(C)C(=O)c1ccnc(F)c1. The molecule has 0 unspecified atom stereocenters. The molecule has 0 aliphatic carbocycles. The summed E-state index contributed by atoms with van der Waals surface area (Å²) in [5, 5.41) is 0. The van der Waals surface area contributed by atoms with E-state index in [2.05, 4.69) is 4.98 Å². The number of halogens is 1. The van der Waals surface area contributed by atoms with Gasteiger partial charge >= 0.3 is 0 Å². The summed E-state index contributed by atoms with van der Waals surface area (Å²) in [7, 11) is 0. The highest BCUT2D eigenvalue weighted by Crippen LogP contribution is 2.07. The lowest BCUT2D eigenvalue weighted by molar-refractivity contribution is 0.0938. The first kappa shape index (κ1) is 8.84. The summed E-state index contributed by atoms with van der Waals surface area (Å²) in [5.74, 6) is -0.774. The van der Waals surface area contributed by atoms with Crippen molar-refractivity contribution in [2.75, 3.05) is 0 Å². The molecule has 0 aliphatic rings. The summed E-state index contributed by atoms with van der Waals surface area (Å²) >= 11 is 0. The van der Waals surface area contributed by atoms with E-state index in [1.54, 1.807) is 13.8 Å². The molecule has 1 rings (SSSR count). The van der Waals surface area contributed by atoms with Crippen molar-refractivity contribution in [3.05, 3.63) is 29.8 Å². The second kappa shape index (κ2) is 3.43. The van der Waals surface area contributed by atoms with Crippen LogP contribution in [0.4, 0.5) is 4.39 Å². The van der Waals surface area contributed by atoms with Crippen molar-refractivity contribution in [2.24, 2.45) is 5.92 Å². The normalized spacial score (nSPS) is 10.3. The summed E-state index contributed by atoms with van der Waals surface area (Å²) in [6, 6.07) is 2.67. The number of Topliss-reactive ketones (excluding diaryl/α,β-unsaturated/α-hetero) is 1. The van der Waals surface area contributed by atoms with Crippen LogP contribution in [-0.4, -0.2) is 10.8 Å². The maximum atomic E-state index is 12.5. The van der Waals surface area contributed by atoms with Gasteiger partial charge in [0.15, 0.2) is 5.78 Å². The van der Waals surface area contributed by atoms with Crippen LogP contribution in [0.1, 0.15) is 24.2 Å². The second-order valence-corrected chi connectivity index (χ2v) is 2.89. The zero-order valence-corrected chi connectivity index (χ0v) is 7.04. The number of rotatable bonds is 2. The zero-order chi connectivity index (χ0) is 9.14. The average Bonchev–Trinajstić information content (AvgIpc) is 2.03. The van der Waals surface area contributed by atoms with Crippen molar-refractivity contribution in [2.45, 2.75) is 13.8 Å². The minimum Gasteiger partial charge on any atom is -0.294 e. The number of aromatic nitrogens is 1. The molecule has 0 amide bonds. The number of ketones is 1. The number of nitrogens with zero attached hydrogens (tertiary/aromatic N) is 1. The van der Waals surface area contributed by atoms with E-state index in [-0.39, 0.29) is 11.7 Å². The van der Waals surface area contributed by atoms with Gasteiger partial charge in [0.05, 0.1) is 0 Å². The number of pyridine rings is 1. The average molecular weight is 167 g/mol. The van der Waals surface area contributed by atoms with Crippen LogP contribution in [0.2, 0.25) is 0 Å². The third-order valence-electron chi connectivity index (χ3n) is 1.54. The monoisotopic (exact) mass is 167 g/mol. The van der Waals surface area contributed by atoms with E-state index in [0.717, 1.165) is 6.07 Å². The molecule has 1 aromatic rings. The van der Waals surface area contributed by atoms with Crippen molar-refractivity contribution in [3.63, 3.8) is 0 Å². The molecular formula is C9H10FNO. The summed E-state index contributed by atoms with van der Waals surface area (Å²) in [5.41, 5.74) is 0.387. The molecule has 64 valence electrons. The molecule has 0 radical (unpaired) electrons. The lowest BCUT2D eigenvalue weighted by atomic mass is 10.0. The largest absolute Gasteiger partial charge is 0.294 e. The van der Waals surface area contributed by atoms with Gasteiger partial charge in [0.2, 0.25) is 5.95 Å². The Kier molecular flexibility index (Phi) is 2.53. The third kappa shape index (κ3) is 1.87. The molecule has 0 spiro atoms. The minimum absolute atomic E-state index is 0.0590. The molecule has 1 heterocycles. The Balaban J connectivity index is 2.96. The Labute approximate surface area is 70.4 Å². The van der Waals surface area contributed by atoms with E-state index in [0.29, 0.717) is 5.56 Å². The fourth-order valence-corrected chi connectivity index (χ4v) is 0.889. The van der Waals surface area contributed by atoms with Gasteiger partial charge in [-0.25, -0.2) is 4.98 Å². The minimum atomic E-state index is -0.610. The number of hydrogen-bond acceptors (Lipinski definition) is 2. The zero-order valence-electron chi connectivity index (χ0n) is 7.04. The molecule has 0 bridgehead atoms. The number of carbonyl (C=O) groups excluding carboxylic acids is 1. The molecule has 12 heavy (non-hydrogen) atoms. The molecule has 0 aromatic carbocycles. The Bertz CT molecular complexity index is 296. The Morgan fingerprint density at radius 1 is 1.58 bits per heavy atom. The first-order valence-corrected chi connectivity index (χ1v) is 3.77. The second-order valence-electron chi connectivity index (χ2n) is 2.89. The lowest BCUT2D eigenvalue weighted by Gasteiger charge is -2.02. The first-order chi connectivity index (χ1) is 5.61. The molecule has 0 aliphatic heterocycles. The highest BCUT2D eigenvalue weighted by Gasteiger charge is 2.10. The molecule has 0 atom stereocenters. The van der Waals surface area contributed by atoms with Gasteiger partial charge in [0.1, 0.15) is 0 Å². The van der Waals surface area contributed by atoms with Crippen molar-refractivity contribution in [1.29, 1.82) is 0 Å². The van der Waals surface area contributed by atoms with Gasteiger partial charge in [0.25, 0.3) is 0 Å². The van der Waals surface area contributed by atoms with Crippen molar-refractivity contribution < 1.29 is 9.18 Å². The molecular weight excluding hydrogens is 157 g/mol. The smallest absolute Gasteiger partial charge is 0.213 e. The van der Waals surface area contributed by atoms with Crippen LogP contribution >= 0.6 is 0 Å². The standard InChI is InChI=1S/C9H10FNO/c1-6(2)9(12)7-3-4-11-8(10)5-7/h3-6H,1-2H3. The van der Waals surface area contributed by atoms with Crippen LogP contribution in [0, 0.1) is 11.9 Å². The fraction of sp³-hybridized carbons (Fsp3) is 0.333. The molecule has 0 saturated carbocycles. The van der Waals surface area contributed by atoms with Crippen LogP contribution in [0.25, 0.3) is 0 Å². The van der Waals surface area contributed by atoms with Crippen LogP contribution in [0.5, 0.6) is 0 Å². The summed E-state index contributed by atoms with van der Waals surface area (Å²) in [6.07, 6.45) is 1.30. The van der Waals surface area contributed by atoms with E-state index >= 15 is 0 Å². The third-order valence-corrected chi connectivity index (χ3v) is 1.54. The van der Waals surface area contributed by atoms with E-state index in [1.807, 2.05) is 0 Å². The predicted octanol–water partition coefficient (Wildman–Crippen LogP) is 2.06. The van der Waals surface area contributed by atoms with E-state index in [9.17, 15) is 9.18 Å². The van der Waals surface area contributed by atoms with Gasteiger partial charge in [-0.05, 0) is 6.07 Å². The van der Waals surface area contributed by atoms with Gasteiger partial charge in [-0.3, -0.25) is 4.79 Å². The van der Waals surface area contributed by atoms with Crippen molar-refractivity contribution in [1.82, 2.24) is 4.98 Å². The topological polar surface area (TPSA) is 30.0 Å². The van der Waals surface area contributed by atoms with Gasteiger partial charge in [-0.15, -0.1) is 0 Å². The summed E-state index contributed by atoms with van der Waals surface area (Å²) < 4.78 is 12.5. The molecule has 1 aromatic heterocycles. The molecule has 0 saturated heterocycles. The fourth-order valence-electron chi connectivity index (χ4n) is 0.889. The number of carbonyl (C=O) groups is 1. The van der Waals surface area contributed by atoms with Crippen molar-refractivity contribution >= 4 is 5.78 Å². The highest BCUT2D eigenvalue weighted by molar-refractivity contribution is 5.97. The predicted molar refractivity (Wildman–Crippen MR) is 43.4 cm³/mol. The summed E-state index contributed by atoms with van der Waals surface area (Å²) in [4.78, 5) is 14.7. The van der Waals surface area contributed by atoms with Gasteiger partial charge in [-0.1, -0.05) is 13.8 Å². The Morgan fingerprint density at radius 2 is 2.25 bits per heavy atom. The van der Waals surface area contributed by atoms with Crippen LogP contribution in [0.3, 0.4) is 0 Å². The van der Waals surface area contributed by atoms with Crippen molar-refractivity contribution in [3.8, 4) is 0 Å². The van der Waals surface area contributed by atoms with Crippen LogP contribution < -0.4 is 0 Å². The maximum Gasteiger partial charge on any atom is 0.213 e. The molecule has 0 N–H and O–H groups in total. The van der Waals surface area contributed by atoms with E-state index < -0.39 is 5.95 Å². The van der Waals surface area contributed by atoms with Crippen LogP contribution in [-0.2, 0) is 0 Å². The molecule has 3 heteroatoms. The lowest BCUT2D eigenvalue weighted by Crippen LogP contribution is -2.07. The maximum absolute atomic E-state index is 12.5. The quantitative estimate of drug-likeness (QED) is 0.498. The molecule has 0 fully saturated rings.